The van der Waals surface area contributed by atoms with E-state index in [1.54, 1.807) is 31.6 Å². The van der Waals surface area contributed by atoms with Crippen molar-refractivity contribution in [3.63, 3.8) is 0 Å². The van der Waals surface area contributed by atoms with E-state index in [0.717, 1.165) is 16.6 Å². The zero-order chi connectivity index (χ0) is 17.3. The number of fused-ring (bicyclic) bond motifs is 1. The lowest BCUT2D eigenvalue weighted by Crippen LogP contribution is -2.46. The highest BCUT2D eigenvalue weighted by Crippen LogP contribution is 2.21. The van der Waals surface area contributed by atoms with Gasteiger partial charge in [0.25, 0.3) is 5.91 Å². The van der Waals surface area contributed by atoms with Crippen molar-refractivity contribution >= 4 is 16.8 Å². The highest BCUT2D eigenvalue weighted by Gasteiger charge is 2.24. The Morgan fingerprint density at radius 2 is 2.04 bits per heavy atom. The van der Waals surface area contributed by atoms with Crippen molar-refractivity contribution in [2.24, 2.45) is 0 Å². The fraction of sp³-hybridized carbons (Fsp3) is 0.294. The Labute approximate surface area is 139 Å². The van der Waals surface area contributed by atoms with Crippen LogP contribution >= 0.6 is 0 Å². The molecule has 0 aliphatic heterocycles. The summed E-state index contributed by atoms with van der Waals surface area (Å²) in [5, 5.41) is 21.1. The molecule has 7 nitrogen and oxygen atoms in total. The molecule has 0 bridgehead atoms. The molecule has 3 rings (SSSR count). The number of nitrogens with one attached hydrogen (secondary N) is 1. The predicted octanol–water partition coefficient (Wildman–Crippen LogP) is 1.62. The molecular formula is C17H19N5O2. The Morgan fingerprint density at radius 3 is 2.79 bits per heavy atom. The molecule has 1 aromatic carbocycles. The molecule has 1 amide bonds. The van der Waals surface area contributed by atoms with E-state index in [0.29, 0.717) is 5.69 Å². The Kier molecular flexibility index (Phi) is 4.02. The molecule has 3 aromatic rings. The molecule has 124 valence electrons. The van der Waals surface area contributed by atoms with Crippen LogP contribution in [0.4, 0.5) is 0 Å². The van der Waals surface area contributed by atoms with E-state index in [2.05, 4.69) is 20.6 Å². The summed E-state index contributed by atoms with van der Waals surface area (Å²) < 4.78 is 1.61. The summed E-state index contributed by atoms with van der Waals surface area (Å²) in [6, 6.07) is 9.60. The minimum atomic E-state index is -0.728. The first kappa shape index (κ1) is 16.1. The summed E-state index contributed by atoms with van der Waals surface area (Å²) in [5.41, 5.74) is 1.66. The summed E-state index contributed by atoms with van der Waals surface area (Å²) in [4.78, 5) is 16.8. The standard InChI is InChI=1S/C17H19N5O2/c1-11-14(16(24)19-17(2,3)10-23)20-21-22(11)13-8-4-6-12-7-5-9-18-15(12)13/h4-9,23H,10H2,1-3H3,(H,19,24). The zero-order valence-corrected chi connectivity index (χ0v) is 13.8. The Balaban J connectivity index is 2.02. The number of benzene rings is 1. The van der Waals surface area contributed by atoms with Crippen LogP contribution in [0.2, 0.25) is 0 Å². The normalized spacial score (nSPS) is 11.7. The van der Waals surface area contributed by atoms with Gasteiger partial charge in [-0.05, 0) is 32.9 Å². The van der Waals surface area contributed by atoms with Gasteiger partial charge in [0.1, 0.15) is 0 Å². The third-order valence-electron chi connectivity index (χ3n) is 3.80. The first-order chi connectivity index (χ1) is 11.4. The first-order valence-corrected chi connectivity index (χ1v) is 7.63. The van der Waals surface area contributed by atoms with Crippen LogP contribution in [0.15, 0.2) is 36.5 Å². The summed E-state index contributed by atoms with van der Waals surface area (Å²) in [6.07, 6.45) is 1.72. The molecule has 0 spiro atoms. The summed E-state index contributed by atoms with van der Waals surface area (Å²) in [6.45, 7) is 5.08. The van der Waals surface area contributed by atoms with E-state index in [9.17, 15) is 9.90 Å². The number of carbonyl (C=O) groups is 1. The lowest BCUT2D eigenvalue weighted by Gasteiger charge is -2.22. The number of amides is 1. The number of nitrogens with zero attached hydrogens (tertiary/aromatic N) is 4. The van der Waals surface area contributed by atoms with Crippen molar-refractivity contribution in [2.75, 3.05) is 6.61 Å². The molecule has 2 N–H and O–H groups in total. The van der Waals surface area contributed by atoms with Crippen LogP contribution in [-0.2, 0) is 0 Å². The number of hydrogen-bond acceptors (Lipinski definition) is 5. The molecule has 0 radical (unpaired) electrons. The van der Waals surface area contributed by atoms with E-state index in [-0.39, 0.29) is 18.2 Å². The van der Waals surface area contributed by atoms with Gasteiger partial charge in [0.2, 0.25) is 0 Å². The van der Waals surface area contributed by atoms with Crippen molar-refractivity contribution in [1.82, 2.24) is 25.3 Å². The smallest absolute Gasteiger partial charge is 0.274 e. The molecule has 2 heterocycles. The van der Waals surface area contributed by atoms with Gasteiger partial charge in [-0.1, -0.05) is 23.4 Å². The highest BCUT2D eigenvalue weighted by molar-refractivity contribution is 5.94. The van der Waals surface area contributed by atoms with Gasteiger partial charge in [0, 0.05) is 11.6 Å². The molecule has 0 fully saturated rings. The summed E-state index contributed by atoms with van der Waals surface area (Å²) in [5.74, 6) is -0.369. The number of carbonyl (C=O) groups excluding carboxylic acids is 1. The van der Waals surface area contributed by atoms with Crippen LogP contribution < -0.4 is 5.32 Å². The van der Waals surface area contributed by atoms with Crippen molar-refractivity contribution in [1.29, 1.82) is 0 Å². The van der Waals surface area contributed by atoms with Gasteiger partial charge >= 0.3 is 0 Å². The van der Waals surface area contributed by atoms with Crippen LogP contribution in [0.1, 0.15) is 30.0 Å². The quantitative estimate of drug-likeness (QED) is 0.760. The molecule has 24 heavy (non-hydrogen) atoms. The monoisotopic (exact) mass is 325 g/mol. The minimum absolute atomic E-state index is 0.167. The second kappa shape index (κ2) is 6.01. The topological polar surface area (TPSA) is 92.9 Å². The van der Waals surface area contributed by atoms with Crippen molar-refractivity contribution in [2.45, 2.75) is 26.3 Å². The molecule has 0 aliphatic carbocycles. The second-order valence-corrected chi connectivity index (χ2v) is 6.28. The van der Waals surface area contributed by atoms with Gasteiger partial charge in [0.05, 0.1) is 29.0 Å². The zero-order valence-electron chi connectivity index (χ0n) is 13.8. The molecular weight excluding hydrogens is 306 g/mol. The third-order valence-corrected chi connectivity index (χ3v) is 3.80. The lowest BCUT2D eigenvalue weighted by molar-refractivity contribution is 0.0863. The number of para-hydroxylation sites is 1. The van der Waals surface area contributed by atoms with Crippen molar-refractivity contribution in [3.05, 3.63) is 47.9 Å². The maximum Gasteiger partial charge on any atom is 0.274 e. The average molecular weight is 325 g/mol. The maximum absolute atomic E-state index is 12.4. The van der Waals surface area contributed by atoms with E-state index < -0.39 is 5.54 Å². The van der Waals surface area contributed by atoms with Gasteiger partial charge in [-0.25, -0.2) is 4.68 Å². The van der Waals surface area contributed by atoms with Crippen LogP contribution in [-0.4, -0.2) is 43.1 Å². The predicted molar refractivity (Wildman–Crippen MR) is 90.0 cm³/mol. The number of aliphatic hydroxyl groups excluding tert-OH is 1. The minimum Gasteiger partial charge on any atom is -0.394 e. The number of aromatic nitrogens is 4. The molecule has 0 aliphatic rings. The fourth-order valence-electron chi connectivity index (χ4n) is 2.43. The van der Waals surface area contributed by atoms with E-state index in [1.807, 2.05) is 30.3 Å². The fourth-order valence-corrected chi connectivity index (χ4v) is 2.43. The van der Waals surface area contributed by atoms with Crippen LogP contribution in [0, 0.1) is 6.92 Å². The van der Waals surface area contributed by atoms with E-state index in [4.69, 9.17) is 0 Å². The number of hydrogen-bond donors (Lipinski definition) is 2. The Morgan fingerprint density at radius 1 is 1.29 bits per heavy atom. The van der Waals surface area contributed by atoms with Crippen LogP contribution in [0.3, 0.4) is 0 Å². The summed E-state index contributed by atoms with van der Waals surface area (Å²) >= 11 is 0. The molecule has 0 unspecified atom stereocenters. The van der Waals surface area contributed by atoms with Crippen LogP contribution in [0.25, 0.3) is 16.6 Å². The first-order valence-electron chi connectivity index (χ1n) is 7.63. The molecule has 2 aromatic heterocycles. The van der Waals surface area contributed by atoms with Gasteiger partial charge in [-0.3, -0.25) is 9.78 Å². The van der Waals surface area contributed by atoms with Gasteiger partial charge < -0.3 is 10.4 Å². The SMILES string of the molecule is Cc1c(C(=O)NC(C)(C)CO)nnn1-c1cccc2cccnc12. The highest BCUT2D eigenvalue weighted by atomic mass is 16.3. The molecule has 0 atom stereocenters. The van der Waals surface area contributed by atoms with Gasteiger partial charge in [-0.2, -0.15) is 0 Å². The molecule has 0 saturated carbocycles. The number of pyridine rings is 1. The van der Waals surface area contributed by atoms with E-state index >= 15 is 0 Å². The summed E-state index contributed by atoms with van der Waals surface area (Å²) in [7, 11) is 0. The van der Waals surface area contributed by atoms with E-state index in [1.165, 1.54) is 0 Å². The number of aliphatic hydroxyl groups is 1. The van der Waals surface area contributed by atoms with Gasteiger partial charge in [-0.15, -0.1) is 5.10 Å². The van der Waals surface area contributed by atoms with Crippen molar-refractivity contribution < 1.29 is 9.90 Å². The Hall–Kier alpha value is -2.80. The maximum atomic E-state index is 12.4. The Bertz CT molecular complexity index is 896. The third kappa shape index (κ3) is 2.85. The second-order valence-electron chi connectivity index (χ2n) is 6.28. The molecule has 0 saturated heterocycles. The molecule has 7 heteroatoms. The van der Waals surface area contributed by atoms with Crippen molar-refractivity contribution in [3.8, 4) is 5.69 Å². The lowest BCUT2D eigenvalue weighted by atomic mass is 10.1. The largest absolute Gasteiger partial charge is 0.394 e. The average Bonchev–Trinajstić information content (AvgIpc) is 2.95. The van der Waals surface area contributed by atoms with Crippen LogP contribution in [0.5, 0.6) is 0 Å². The number of rotatable bonds is 4. The van der Waals surface area contributed by atoms with Gasteiger partial charge in [0.15, 0.2) is 5.69 Å².